The summed E-state index contributed by atoms with van der Waals surface area (Å²) >= 11 is 12.7. The molecular weight excluding hydrogens is 532 g/mol. The van der Waals surface area contributed by atoms with Crippen molar-refractivity contribution in [1.82, 2.24) is 0 Å². The Bertz CT molecular complexity index is 1280. The average molecular weight is 549 g/mol. The summed E-state index contributed by atoms with van der Waals surface area (Å²) in [6, 6.07) is 15.0. The number of amides is 1. The SMILES string of the molecule is C[C@@H](Sc1ccc(Cl)cc1)C(=O)Nc1ccc(S(=O)(=O)Nc2ccc(Cl)c(C(F)(F)F)c2)cc1. The lowest BCUT2D eigenvalue weighted by Gasteiger charge is -2.14. The highest BCUT2D eigenvalue weighted by Gasteiger charge is 2.33. The van der Waals surface area contributed by atoms with Crippen LogP contribution in [0, 0.1) is 0 Å². The van der Waals surface area contributed by atoms with Crippen LogP contribution >= 0.6 is 35.0 Å². The summed E-state index contributed by atoms with van der Waals surface area (Å²) in [5, 5.41) is 2.29. The molecule has 12 heteroatoms. The fourth-order valence-corrected chi connectivity index (χ4v) is 5.02. The normalized spacial score (nSPS) is 12.8. The van der Waals surface area contributed by atoms with Crippen molar-refractivity contribution in [3.63, 3.8) is 0 Å². The molecule has 0 aliphatic carbocycles. The van der Waals surface area contributed by atoms with Crippen molar-refractivity contribution in [2.45, 2.75) is 28.1 Å². The van der Waals surface area contributed by atoms with Crippen LogP contribution in [0.5, 0.6) is 0 Å². The predicted octanol–water partition coefficient (Wildman–Crippen LogP) is 6.93. The van der Waals surface area contributed by atoms with Gasteiger partial charge in [0.15, 0.2) is 0 Å². The minimum absolute atomic E-state index is 0.197. The fraction of sp³-hybridized carbons (Fsp3) is 0.136. The lowest BCUT2D eigenvalue weighted by molar-refractivity contribution is -0.137. The Morgan fingerprint density at radius 2 is 1.53 bits per heavy atom. The number of nitrogens with one attached hydrogen (secondary N) is 2. The molecule has 2 N–H and O–H groups in total. The third-order valence-corrected chi connectivity index (χ3v) is 7.54. The Balaban J connectivity index is 1.67. The summed E-state index contributed by atoms with van der Waals surface area (Å²) in [7, 11) is -4.18. The van der Waals surface area contributed by atoms with E-state index in [1.54, 1.807) is 31.2 Å². The third-order valence-electron chi connectivity index (χ3n) is 4.45. The highest BCUT2D eigenvalue weighted by molar-refractivity contribution is 8.00. The van der Waals surface area contributed by atoms with Gasteiger partial charge in [-0.2, -0.15) is 13.2 Å². The minimum atomic E-state index is -4.73. The second-order valence-corrected chi connectivity index (χ2v) is 11.0. The number of halogens is 5. The van der Waals surface area contributed by atoms with Crippen molar-refractivity contribution in [1.29, 1.82) is 0 Å². The number of anilines is 2. The van der Waals surface area contributed by atoms with Gasteiger partial charge in [0, 0.05) is 21.3 Å². The second kappa shape index (κ2) is 10.5. The maximum Gasteiger partial charge on any atom is 0.417 e. The van der Waals surface area contributed by atoms with Gasteiger partial charge in [-0.15, -0.1) is 11.8 Å². The van der Waals surface area contributed by atoms with Crippen LogP contribution in [0.3, 0.4) is 0 Å². The van der Waals surface area contributed by atoms with E-state index in [1.807, 2.05) is 0 Å². The Hall–Kier alpha value is -2.40. The van der Waals surface area contributed by atoms with Crippen LogP contribution < -0.4 is 10.0 Å². The highest BCUT2D eigenvalue weighted by Crippen LogP contribution is 2.36. The Kier molecular flexibility index (Phi) is 8.07. The van der Waals surface area contributed by atoms with E-state index in [2.05, 4.69) is 10.0 Å². The fourth-order valence-electron chi connectivity index (χ4n) is 2.75. The zero-order valence-electron chi connectivity index (χ0n) is 17.4. The van der Waals surface area contributed by atoms with Gasteiger partial charge in [-0.1, -0.05) is 23.2 Å². The molecule has 0 bridgehead atoms. The highest BCUT2D eigenvalue weighted by atomic mass is 35.5. The Morgan fingerprint density at radius 1 is 0.941 bits per heavy atom. The molecule has 3 aromatic carbocycles. The number of rotatable bonds is 7. The molecular formula is C22H17Cl2F3N2O3S2. The van der Waals surface area contributed by atoms with Crippen molar-refractivity contribution in [2.75, 3.05) is 10.0 Å². The lowest BCUT2D eigenvalue weighted by Crippen LogP contribution is -2.22. The van der Waals surface area contributed by atoms with Gasteiger partial charge in [-0.25, -0.2) is 8.42 Å². The number of sulfonamides is 1. The van der Waals surface area contributed by atoms with Crippen LogP contribution in [0.1, 0.15) is 12.5 Å². The molecule has 0 radical (unpaired) electrons. The average Bonchev–Trinajstić information content (AvgIpc) is 2.76. The van der Waals surface area contributed by atoms with Crippen LogP contribution in [-0.2, 0) is 21.0 Å². The molecule has 0 unspecified atom stereocenters. The summed E-state index contributed by atoms with van der Waals surface area (Å²) in [5.41, 5.74) is -1.08. The second-order valence-electron chi connectivity index (χ2n) is 7.03. The smallest absolute Gasteiger partial charge is 0.325 e. The number of hydrogen-bond acceptors (Lipinski definition) is 4. The van der Waals surface area contributed by atoms with Crippen LogP contribution in [0.25, 0.3) is 0 Å². The summed E-state index contributed by atoms with van der Waals surface area (Å²) in [4.78, 5) is 13.1. The molecule has 0 aromatic heterocycles. The maximum absolute atomic E-state index is 13.0. The largest absolute Gasteiger partial charge is 0.417 e. The van der Waals surface area contributed by atoms with E-state index < -0.39 is 32.0 Å². The summed E-state index contributed by atoms with van der Waals surface area (Å²) < 4.78 is 66.4. The van der Waals surface area contributed by atoms with Gasteiger partial charge >= 0.3 is 6.18 Å². The Morgan fingerprint density at radius 3 is 2.12 bits per heavy atom. The first-order valence-electron chi connectivity index (χ1n) is 9.58. The predicted molar refractivity (Wildman–Crippen MR) is 129 cm³/mol. The first kappa shape index (κ1) is 26.2. The zero-order chi connectivity index (χ0) is 25.1. The van der Waals surface area contributed by atoms with Gasteiger partial charge in [0.25, 0.3) is 10.0 Å². The number of benzene rings is 3. The quantitative estimate of drug-likeness (QED) is 0.314. The molecule has 1 atom stereocenters. The number of hydrogen-bond donors (Lipinski definition) is 2. The van der Waals surface area contributed by atoms with Crippen LogP contribution in [0.4, 0.5) is 24.5 Å². The summed E-state index contributed by atoms with van der Waals surface area (Å²) in [5.74, 6) is -0.297. The zero-order valence-corrected chi connectivity index (χ0v) is 20.5. The summed E-state index contributed by atoms with van der Waals surface area (Å²) in [6.45, 7) is 1.72. The Labute approximate surface area is 208 Å². The maximum atomic E-state index is 13.0. The molecule has 0 saturated heterocycles. The van der Waals surface area contributed by atoms with Gasteiger partial charge < -0.3 is 5.32 Å². The molecule has 0 spiro atoms. The molecule has 3 rings (SSSR count). The van der Waals surface area contributed by atoms with Crippen LogP contribution in [-0.4, -0.2) is 19.6 Å². The molecule has 34 heavy (non-hydrogen) atoms. The third kappa shape index (κ3) is 6.82. The number of carbonyl (C=O) groups is 1. The molecule has 0 aliphatic rings. The first-order valence-corrected chi connectivity index (χ1v) is 12.7. The van der Waals surface area contributed by atoms with Crippen LogP contribution in [0.2, 0.25) is 10.0 Å². The van der Waals surface area contributed by atoms with Crippen molar-refractivity contribution in [2.24, 2.45) is 0 Å². The molecule has 0 aliphatic heterocycles. The lowest BCUT2D eigenvalue weighted by atomic mass is 10.2. The molecule has 0 heterocycles. The monoisotopic (exact) mass is 548 g/mol. The van der Waals surface area contributed by atoms with Crippen molar-refractivity contribution in [3.05, 3.63) is 82.3 Å². The van der Waals surface area contributed by atoms with E-state index in [-0.39, 0.29) is 16.5 Å². The molecule has 1 amide bonds. The van der Waals surface area contributed by atoms with E-state index in [0.717, 1.165) is 17.0 Å². The van der Waals surface area contributed by atoms with E-state index in [1.165, 1.54) is 36.0 Å². The van der Waals surface area contributed by atoms with Gasteiger partial charge in [0.05, 0.1) is 20.7 Å². The molecule has 0 fully saturated rings. The standard InChI is InChI=1S/C22H17Cl2F3N2O3S2/c1-13(33-17-7-2-14(23)3-8-17)21(30)28-15-4-9-18(10-5-15)34(31,32)29-16-6-11-20(24)19(12-16)22(25,26)27/h2-13,29H,1H3,(H,28,30)/t13-/m1/s1. The molecule has 3 aromatic rings. The van der Waals surface area contributed by atoms with E-state index in [4.69, 9.17) is 23.2 Å². The van der Waals surface area contributed by atoms with Crippen molar-refractivity contribution >= 4 is 62.3 Å². The minimum Gasteiger partial charge on any atom is -0.325 e. The van der Waals surface area contributed by atoms with E-state index >= 15 is 0 Å². The molecule has 5 nitrogen and oxygen atoms in total. The van der Waals surface area contributed by atoms with Gasteiger partial charge in [-0.05, 0) is 73.7 Å². The van der Waals surface area contributed by atoms with E-state index in [9.17, 15) is 26.4 Å². The number of thioether (sulfide) groups is 1. The molecule has 0 saturated carbocycles. The van der Waals surface area contributed by atoms with E-state index in [0.29, 0.717) is 16.8 Å². The summed E-state index contributed by atoms with van der Waals surface area (Å²) in [6.07, 6.45) is -4.73. The van der Waals surface area contributed by atoms with Crippen LogP contribution in [0.15, 0.2) is 76.5 Å². The number of carbonyl (C=O) groups excluding carboxylic acids is 1. The molecule has 180 valence electrons. The van der Waals surface area contributed by atoms with Gasteiger partial charge in [0.1, 0.15) is 0 Å². The van der Waals surface area contributed by atoms with Gasteiger partial charge in [0.2, 0.25) is 5.91 Å². The topological polar surface area (TPSA) is 75.3 Å². The van der Waals surface area contributed by atoms with Crippen molar-refractivity contribution in [3.8, 4) is 0 Å². The van der Waals surface area contributed by atoms with Gasteiger partial charge in [-0.3, -0.25) is 9.52 Å². The number of alkyl halides is 3. The van der Waals surface area contributed by atoms with Crippen molar-refractivity contribution < 1.29 is 26.4 Å². The first-order chi connectivity index (χ1) is 15.8.